The van der Waals surface area contributed by atoms with Gasteiger partial charge in [0, 0.05) is 29.6 Å². The van der Waals surface area contributed by atoms with Crippen LogP contribution >= 0.6 is 23.2 Å². The van der Waals surface area contributed by atoms with Crippen LogP contribution in [-0.4, -0.2) is 18.6 Å². The number of carbonyl (C=O) groups excluding carboxylic acids is 1. The van der Waals surface area contributed by atoms with Gasteiger partial charge >= 0.3 is 6.61 Å². The first-order valence-electron chi connectivity index (χ1n) is 5.74. The van der Waals surface area contributed by atoms with Crippen LogP contribution in [0, 0.1) is 0 Å². The Morgan fingerprint density at radius 2 is 2.10 bits per heavy atom. The van der Waals surface area contributed by atoms with E-state index in [0.29, 0.717) is 10.6 Å². The lowest BCUT2D eigenvalue weighted by molar-refractivity contribution is -0.118. The van der Waals surface area contributed by atoms with E-state index < -0.39 is 12.5 Å². The van der Waals surface area contributed by atoms with Crippen molar-refractivity contribution < 1.29 is 18.3 Å². The highest BCUT2D eigenvalue weighted by atomic mass is 35.5. The normalized spacial score (nSPS) is 12.5. The van der Waals surface area contributed by atoms with Crippen molar-refractivity contribution in [2.75, 3.05) is 0 Å². The first kappa shape index (κ1) is 16.9. The molecular weight excluding hydrogens is 313 g/mol. The van der Waals surface area contributed by atoms with Crippen LogP contribution < -0.4 is 15.8 Å². The van der Waals surface area contributed by atoms with Crippen LogP contribution in [0.2, 0.25) is 10.0 Å². The molecule has 0 aliphatic carbocycles. The van der Waals surface area contributed by atoms with E-state index in [-0.39, 0.29) is 29.8 Å². The van der Waals surface area contributed by atoms with Crippen molar-refractivity contribution in [3.63, 3.8) is 0 Å². The zero-order valence-corrected chi connectivity index (χ0v) is 12.1. The number of rotatable bonds is 7. The minimum Gasteiger partial charge on any atom is -0.433 e. The number of nitrogens with two attached hydrogens (primary N) is 1. The molecule has 0 aliphatic heterocycles. The second-order valence-corrected chi connectivity index (χ2v) is 5.05. The Kier molecular flexibility index (Phi) is 6.45. The summed E-state index contributed by atoms with van der Waals surface area (Å²) >= 11 is 11.7. The molecule has 0 heterocycles. The molecule has 112 valence electrons. The van der Waals surface area contributed by atoms with E-state index in [1.54, 1.807) is 6.92 Å². The van der Waals surface area contributed by atoms with E-state index in [9.17, 15) is 13.6 Å². The van der Waals surface area contributed by atoms with Gasteiger partial charge in [0.1, 0.15) is 5.75 Å². The van der Waals surface area contributed by atoms with Crippen LogP contribution in [0.3, 0.4) is 0 Å². The van der Waals surface area contributed by atoms with Gasteiger partial charge in [-0.1, -0.05) is 23.2 Å². The van der Waals surface area contributed by atoms with Crippen molar-refractivity contribution in [1.29, 1.82) is 0 Å². The molecule has 0 aliphatic rings. The lowest BCUT2D eigenvalue weighted by Crippen LogP contribution is -2.30. The van der Waals surface area contributed by atoms with Crippen LogP contribution in [0.4, 0.5) is 8.78 Å². The number of hydrogen-bond acceptors (Lipinski definition) is 3. The second kappa shape index (κ2) is 7.61. The maximum atomic E-state index is 12.4. The van der Waals surface area contributed by atoms with Crippen molar-refractivity contribution in [2.45, 2.75) is 32.5 Å². The highest BCUT2D eigenvalue weighted by Gasteiger charge is 2.16. The molecule has 0 fully saturated rings. The Morgan fingerprint density at radius 1 is 1.45 bits per heavy atom. The van der Waals surface area contributed by atoms with Gasteiger partial charge in [-0.05, 0) is 19.1 Å². The third-order valence-corrected chi connectivity index (χ3v) is 2.94. The van der Waals surface area contributed by atoms with E-state index in [1.807, 2.05) is 0 Å². The molecule has 1 rings (SSSR count). The summed E-state index contributed by atoms with van der Waals surface area (Å²) in [5.74, 6) is -0.594. The van der Waals surface area contributed by atoms with E-state index in [1.165, 1.54) is 12.1 Å². The molecule has 1 amide bonds. The predicted molar refractivity (Wildman–Crippen MR) is 73.2 cm³/mol. The fourth-order valence-corrected chi connectivity index (χ4v) is 2.20. The standard InChI is InChI=1S/C12H14Cl2F2N2O2/c1-6(2-10(17)19)18-5-7-3-8(13)4-9(14)11(7)20-12(15)16/h3-4,6,12,18H,2,5H2,1H3,(H2,17,19)/t6-/m1/s1. The average Bonchev–Trinajstić information content (AvgIpc) is 2.29. The number of amides is 1. The summed E-state index contributed by atoms with van der Waals surface area (Å²) in [6.45, 7) is -1.09. The van der Waals surface area contributed by atoms with Gasteiger partial charge < -0.3 is 15.8 Å². The van der Waals surface area contributed by atoms with Gasteiger partial charge in [-0.25, -0.2) is 0 Å². The maximum Gasteiger partial charge on any atom is 0.387 e. The fourth-order valence-electron chi connectivity index (χ4n) is 1.62. The Morgan fingerprint density at radius 3 is 2.65 bits per heavy atom. The Labute approximate surface area is 125 Å². The minimum absolute atomic E-state index is 0.00263. The summed E-state index contributed by atoms with van der Waals surface area (Å²) in [5, 5.41) is 3.25. The molecule has 1 atom stereocenters. The summed E-state index contributed by atoms with van der Waals surface area (Å²) in [6.07, 6.45) is 0.124. The highest BCUT2D eigenvalue weighted by Crippen LogP contribution is 2.33. The van der Waals surface area contributed by atoms with Crippen molar-refractivity contribution >= 4 is 29.1 Å². The summed E-state index contributed by atoms with van der Waals surface area (Å²) in [6, 6.07) is 2.57. The number of primary amides is 1. The lowest BCUT2D eigenvalue weighted by atomic mass is 10.1. The van der Waals surface area contributed by atoms with Gasteiger partial charge in [0.15, 0.2) is 0 Å². The molecule has 0 unspecified atom stereocenters. The Hall–Kier alpha value is -1.11. The number of nitrogens with one attached hydrogen (secondary N) is 1. The number of alkyl halides is 2. The molecule has 8 heteroatoms. The van der Waals surface area contributed by atoms with Gasteiger partial charge in [-0.3, -0.25) is 4.79 Å². The Bertz CT molecular complexity index is 487. The quantitative estimate of drug-likeness (QED) is 0.809. The SMILES string of the molecule is C[C@H](CC(N)=O)NCc1cc(Cl)cc(Cl)c1OC(F)F. The maximum absolute atomic E-state index is 12.4. The van der Waals surface area contributed by atoms with Crippen LogP contribution in [0.1, 0.15) is 18.9 Å². The summed E-state index contributed by atoms with van der Waals surface area (Å²) in [4.78, 5) is 10.8. The average molecular weight is 327 g/mol. The highest BCUT2D eigenvalue weighted by molar-refractivity contribution is 6.35. The monoisotopic (exact) mass is 326 g/mol. The van der Waals surface area contributed by atoms with Crippen molar-refractivity contribution in [2.24, 2.45) is 5.73 Å². The van der Waals surface area contributed by atoms with Gasteiger partial charge in [0.25, 0.3) is 0 Å². The third-order valence-electron chi connectivity index (χ3n) is 2.44. The molecule has 20 heavy (non-hydrogen) atoms. The second-order valence-electron chi connectivity index (χ2n) is 4.21. The predicted octanol–water partition coefficient (Wildman–Crippen LogP) is 2.95. The molecule has 0 saturated heterocycles. The molecule has 4 nitrogen and oxygen atoms in total. The minimum atomic E-state index is -2.99. The van der Waals surface area contributed by atoms with Crippen LogP contribution in [-0.2, 0) is 11.3 Å². The molecule has 0 radical (unpaired) electrons. The van der Waals surface area contributed by atoms with Gasteiger partial charge in [-0.2, -0.15) is 8.78 Å². The van der Waals surface area contributed by atoms with Crippen molar-refractivity contribution in [3.05, 3.63) is 27.7 Å². The van der Waals surface area contributed by atoms with E-state index in [2.05, 4.69) is 10.1 Å². The van der Waals surface area contributed by atoms with Crippen LogP contribution in [0.5, 0.6) is 5.75 Å². The number of hydrogen-bond donors (Lipinski definition) is 2. The summed E-state index contributed by atoms with van der Waals surface area (Å²) in [5.41, 5.74) is 5.44. The Balaban J connectivity index is 2.84. The zero-order valence-electron chi connectivity index (χ0n) is 10.6. The number of halogens is 4. The first-order chi connectivity index (χ1) is 9.29. The van der Waals surface area contributed by atoms with E-state index >= 15 is 0 Å². The topological polar surface area (TPSA) is 64.4 Å². The molecule has 0 spiro atoms. The largest absolute Gasteiger partial charge is 0.433 e. The van der Waals surface area contributed by atoms with Crippen molar-refractivity contribution in [3.8, 4) is 5.75 Å². The zero-order chi connectivity index (χ0) is 15.3. The smallest absolute Gasteiger partial charge is 0.387 e. The number of carbonyl (C=O) groups is 1. The first-order valence-corrected chi connectivity index (χ1v) is 6.49. The molecule has 3 N–H and O–H groups in total. The molecule has 0 saturated carbocycles. The molecule has 1 aromatic rings. The fraction of sp³-hybridized carbons (Fsp3) is 0.417. The van der Waals surface area contributed by atoms with E-state index in [4.69, 9.17) is 28.9 Å². The summed E-state index contributed by atoms with van der Waals surface area (Å²) in [7, 11) is 0. The molecule has 0 aromatic heterocycles. The summed E-state index contributed by atoms with van der Waals surface area (Å²) < 4.78 is 29.1. The number of benzene rings is 1. The van der Waals surface area contributed by atoms with Gasteiger partial charge in [0.05, 0.1) is 5.02 Å². The van der Waals surface area contributed by atoms with Crippen LogP contribution in [0.25, 0.3) is 0 Å². The van der Waals surface area contributed by atoms with E-state index in [0.717, 1.165) is 0 Å². The lowest BCUT2D eigenvalue weighted by Gasteiger charge is -2.16. The number of ether oxygens (including phenoxy) is 1. The molecule has 1 aromatic carbocycles. The third kappa shape index (κ3) is 5.48. The van der Waals surface area contributed by atoms with Crippen molar-refractivity contribution in [1.82, 2.24) is 5.32 Å². The molecular formula is C12H14Cl2F2N2O2. The van der Waals surface area contributed by atoms with Crippen LogP contribution in [0.15, 0.2) is 12.1 Å². The molecule has 0 bridgehead atoms. The van der Waals surface area contributed by atoms with Gasteiger partial charge in [0.2, 0.25) is 5.91 Å². The van der Waals surface area contributed by atoms with Gasteiger partial charge in [-0.15, -0.1) is 0 Å².